The fourth-order valence-corrected chi connectivity index (χ4v) is 3.38. The quantitative estimate of drug-likeness (QED) is 0.392. The Kier molecular flexibility index (Phi) is 5.64. The molecule has 0 saturated carbocycles. The molecule has 3 aromatic carbocycles. The Bertz CT molecular complexity index is 1340. The predicted octanol–water partition coefficient (Wildman–Crippen LogP) is 5.35. The molecule has 1 heterocycles. The summed E-state index contributed by atoms with van der Waals surface area (Å²) in [6.45, 7) is 0. The van der Waals surface area contributed by atoms with E-state index in [4.69, 9.17) is 30.2 Å². The average Bonchev–Trinajstić information content (AvgIpc) is 2.80. The lowest BCUT2D eigenvalue weighted by atomic mass is 10.1. The van der Waals surface area contributed by atoms with Crippen LogP contribution in [0.1, 0.15) is 10.4 Å². The summed E-state index contributed by atoms with van der Waals surface area (Å²) in [7, 11) is 2.95. The molecule has 31 heavy (non-hydrogen) atoms. The van der Waals surface area contributed by atoms with Crippen LogP contribution in [0.2, 0.25) is 5.02 Å². The fourth-order valence-electron chi connectivity index (χ4n) is 3.16. The number of carbonyl (C=O) groups excluding carboxylic acids is 1. The van der Waals surface area contributed by atoms with Gasteiger partial charge < -0.3 is 18.6 Å². The molecule has 4 aromatic rings. The SMILES string of the molecule is COc1ccc(C(=O)Oc2c(-c3ccccc3Cl)oc3ccccc3c2=O)cc1OC. The van der Waals surface area contributed by atoms with Gasteiger partial charge in [-0.3, -0.25) is 4.79 Å². The van der Waals surface area contributed by atoms with Crippen molar-refractivity contribution in [2.75, 3.05) is 14.2 Å². The number of para-hydroxylation sites is 1. The highest BCUT2D eigenvalue weighted by atomic mass is 35.5. The molecule has 4 rings (SSSR count). The van der Waals surface area contributed by atoms with Crippen molar-refractivity contribution in [2.45, 2.75) is 0 Å². The molecule has 0 N–H and O–H groups in total. The van der Waals surface area contributed by atoms with Crippen LogP contribution in [-0.2, 0) is 0 Å². The second-order valence-electron chi connectivity index (χ2n) is 6.52. The van der Waals surface area contributed by atoms with Gasteiger partial charge in [0.05, 0.1) is 30.2 Å². The lowest BCUT2D eigenvalue weighted by Crippen LogP contribution is -2.16. The van der Waals surface area contributed by atoms with E-state index in [9.17, 15) is 9.59 Å². The molecule has 0 radical (unpaired) electrons. The monoisotopic (exact) mass is 436 g/mol. The standard InChI is InChI=1S/C24H17ClO6/c1-28-19-12-11-14(13-20(19)29-2)24(27)31-23-21(26)16-8-4-6-10-18(16)30-22(23)15-7-3-5-9-17(15)25/h3-13H,1-2H3. The first-order valence-corrected chi connectivity index (χ1v) is 9.66. The first-order chi connectivity index (χ1) is 15.0. The van der Waals surface area contributed by atoms with E-state index >= 15 is 0 Å². The molecule has 0 atom stereocenters. The van der Waals surface area contributed by atoms with Gasteiger partial charge in [-0.05, 0) is 42.5 Å². The van der Waals surface area contributed by atoms with E-state index < -0.39 is 11.4 Å². The van der Waals surface area contributed by atoms with E-state index in [-0.39, 0.29) is 22.5 Å². The van der Waals surface area contributed by atoms with Gasteiger partial charge in [-0.25, -0.2) is 4.79 Å². The number of benzene rings is 3. The topological polar surface area (TPSA) is 75.0 Å². The Morgan fingerprint density at radius 2 is 1.61 bits per heavy atom. The maximum absolute atomic E-state index is 13.2. The molecule has 6 nitrogen and oxygen atoms in total. The lowest BCUT2D eigenvalue weighted by molar-refractivity contribution is 0.0731. The lowest BCUT2D eigenvalue weighted by Gasteiger charge is -2.12. The molecular weight excluding hydrogens is 420 g/mol. The Balaban J connectivity index is 1.86. The van der Waals surface area contributed by atoms with E-state index in [0.29, 0.717) is 27.7 Å². The number of rotatable bonds is 5. The van der Waals surface area contributed by atoms with Crippen LogP contribution in [0, 0.1) is 0 Å². The number of methoxy groups -OCH3 is 2. The van der Waals surface area contributed by atoms with Gasteiger partial charge in [0.1, 0.15) is 5.58 Å². The molecule has 0 fully saturated rings. The molecule has 0 aliphatic rings. The summed E-state index contributed by atoms with van der Waals surface area (Å²) >= 11 is 6.33. The summed E-state index contributed by atoms with van der Waals surface area (Å²) in [5, 5.41) is 0.637. The third-order valence-corrected chi connectivity index (χ3v) is 5.02. The zero-order valence-electron chi connectivity index (χ0n) is 16.7. The molecular formula is C24H17ClO6. The minimum absolute atomic E-state index is 0.0723. The van der Waals surface area contributed by atoms with Crippen LogP contribution >= 0.6 is 11.6 Å². The zero-order valence-corrected chi connectivity index (χ0v) is 17.4. The molecule has 156 valence electrons. The van der Waals surface area contributed by atoms with Gasteiger partial charge in [-0.15, -0.1) is 0 Å². The molecule has 7 heteroatoms. The van der Waals surface area contributed by atoms with Crippen molar-refractivity contribution < 1.29 is 23.4 Å². The highest BCUT2D eigenvalue weighted by Gasteiger charge is 2.23. The molecule has 0 amide bonds. The van der Waals surface area contributed by atoms with Gasteiger partial charge in [0.25, 0.3) is 0 Å². The molecule has 0 saturated heterocycles. The Hall–Kier alpha value is -3.77. The maximum atomic E-state index is 13.2. The normalized spacial score (nSPS) is 10.7. The van der Waals surface area contributed by atoms with Gasteiger partial charge >= 0.3 is 5.97 Å². The predicted molar refractivity (Wildman–Crippen MR) is 117 cm³/mol. The molecule has 0 aliphatic carbocycles. The van der Waals surface area contributed by atoms with Crippen molar-refractivity contribution in [3.05, 3.63) is 87.5 Å². The zero-order chi connectivity index (χ0) is 22.0. The van der Waals surface area contributed by atoms with Crippen LogP contribution < -0.4 is 19.6 Å². The third kappa shape index (κ3) is 3.85. The first-order valence-electron chi connectivity index (χ1n) is 9.28. The summed E-state index contributed by atoms with van der Waals surface area (Å²) in [5.41, 5.74) is 0.483. The number of hydrogen-bond acceptors (Lipinski definition) is 6. The van der Waals surface area contributed by atoms with Crippen LogP contribution in [-0.4, -0.2) is 20.2 Å². The first kappa shape index (κ1) is 20.5. The van der Waals surface area contributed by atoms with Gasteiger partial charge in [0.2, 0.25) is 11.2 Å². The van der Waals surface area contributed by atoms with Crippen molar-refractivity contribution in [3.8, 4) is 28.6 Å². The summed E-state index contributed by atoms with van der Waals surface area (Å²) in [5.74, 6) is -0.110. The number of carbonyl (C=O) groups is 1. The number of halogens is 1. The molecule has 0 aliphatic heterocycles. The summed E-state index contributed by atoms with van der Waals surface area (Å²) in [6, 6.07) is 18.1. The Morgan fingerprint density at radius 3 is 2.35 bits per heavy atom. The fraction of sp³-hybridized carbons (Fsp3) is 0.0833. The third-order valence-electron chi connectivity index (χ3n) is 4.69. The second kappa shape index (κ2) is 8.53. The maximum Gasteiger partial charge on any atom is 0.343 e. The Morgan fingerprint density at radius 1 is 0.903 bits per heavy atom. The molecule has 1 aromatic heterocycles. The largest absolute Gasteiger partial charge is 0.493 e. The summed E-state index contributed by atoms with van der Waals surface area (Å²) in [4.78, 5) is 26.1. The number of fused-ring (bicyclic) bond motifs is 1. The Labute approximate surface area is 182 Å². The van der Waals surface area contributed by atoms with Crippen LogP contribution in [0.4, 0.5) is 0 Å². The smallest absolute Gasteiger partial charge is 0.343 e. The second-order valence-corrected chi connectivity index (χ2v) is 6.93. The van der Waals surface area contributed by atoms with Crippen LogP contribution in [0.15, 0.2) is 75.9 Å². The summed E-state index contributed by atoms with van der Waals surface area (Å²) in [6.07, 6.45) is 0. The molecule has 0 bridgehead atoms. The minimum atomic E-state index is -0.753. The number of esters is 1. The van der Waals surface area contributed by atoms with E-state index in [0.717, 1.165) is 0 Å². The van der Waals surface area contributed by atoms with Crippen molar-refractivity contribution in [1.29, 1.82) is 0 Å². The van der Waals surface area contributed by atoms with Crippen molar-refractivity contribution in [1.82, 2.24) is 0 Å². The van der Waals surface area contributed by atoms with Gasteiger partial charge in [-0.2, -0.15) is 0 Å². The summed E-state index contributed by atoms with van der Waals surface area (Å²) < 4.78 is 21.9. The average molecular weight is 437 g/mol. The molecule has 0 unspecified atom stereocenters. The number of hydrogen-bond donors (Lipinski definition) is 0. The van der Waals surface area contributed by atoms with E-state index in [1.165, 1.54) is 26.4 Å². The van der Waals surface area contributed by atoms with Gasteiger partial charge in [0.15, 0.2) is 17.3 Å². The van der Waals surface area contributed by atoms with Crippen LogP contribution in [0.5, 0.6) is 17.2 Å². The molecule has 0 spiro atoms. The van der Waals surface area contributed by atoms with Crippen molar-refractivity contribution in [2.24, 2.45) is 0 Å². The van der Waals surface area contributed by atoms with E-state index in [1.807, 2.05) is 0 Å². The van der Waals surface area contributed by atoms with E-state index in [2.05, 4.69) is 0 Å². The van der Waals surface area contributed by atoms with E-state index in [1.54, 1.807) is 54.6 Å². The van der Waals surface area contributed by atoms with Crippen molar-refractivity contribution >= 4 is 28.5 Å². The van der Waals surface area contributed by atoms with Gasteiger partial charge in [-0.1, -0.05) is 35.9 Å². The highest BCUT2D eigenvalue weighted by molar-refractivity contribution is 6.33. The minimum Gasteiger partial charge on any atom is -0.493 e. The number of ether oxygens (including phenoxy) is 3. The van der Waals surface area contributed by atoms with Gasteiger partial charge in [0, 0.05) is 5.56 Å². The van der Waals surface area contributed by atoms with Crippen LogP contribution in [0.3, 0.4) is 0 Å². The van der Waals surface area contributed by atoms with Crippen LogP contribution in [0.25, 0.3) is 22.3 Å². The highest BCUT2D eigenvalue weighted by Crippen LogP contribution is 2.36. The van der Waals surface area contributed by atoms with Crippen molar-refractivity contribution in [3.63, 3.8) is 0 Å².